The molecule has 108 valence electrons. The van der Waals surface area contributed by atoms with Gasteiger partial charge in [0.1, 0.15) is 11.8 Å². The second-order valence-corrected chi connectivity index (χ2v) is 5.24. The summed E-state index contributed by atoms with van der Waals surface area (Å²) in [6.45, 7) is 2.67. The zero-order valence-corrected chi connectivity index (χ0v) is 12.1. The first-order valence-corrected chi connectivity index (χ1v) is 6.95. The summed E-state index contributed by atoms with van der Waals surface area (Å²) < 4.78 is 5.14. The third kappa shape index (κ3) is 2.76. The van der Waals surface area contributed by atoms with Crippen LogP contribution >= 0.6 is 0 Å². The predicted molar refractivity (Wildman–Crippen MR) is 82.4 cm³/mol. The van der Waals surface area contributed by atoms with Gasteiger partial charge in [-0.05, 0) is 30.7 Å². The van der Waals surface area contributed by atoms with E-state index in [2.05, 4.69) is 16.7 Å². The average Bonchev–Trinajstić information content (AvgIpc) is 2.80. The van der Waals surface area contributed by atoms with Gasteiger partial charge in [0.05, 0.1) is 7.11 Å². The minimum absolute atomic E-state index is 0.00381. The molecule has 1 unspecified atom stereocenters. The Hall–Kier alpha value is -2.33. The summed E-state index contributed by atoms with van der Waals surface area (Å²) in [5, 5.41) is 6.22. The van der Waals surface area contributed by atoms with Gasteiger partial charge in [-0.2, -0.15) is 0 Å². The number of hydrogen-bond acceptors (Lipinski definition) is 3. The number of aryl methyl sites for hydroxylation is 1. The number of rotatable bonds is 4. The molecule has 1 heterocycles. The van der Waals surface area contributed by atoms with Gasteiger partial charge < -0.3 is 10.1 Å². The first-order chi connectivity index (χ1) is 10.2. The number of hydrogen-bond donors (Lipinski definition) is 2. The van der Waals surface area contributed by atoms with Crippen molar-refractivity contribution in [1.82, 2.24) is 5.32 Å². The Balaban J connectivity index is 1.73. The van der Waals surface area contributed by atoms with E-state index in [9.17, 15) is 4.79 Å². The number of methoxy groups -OCH3 is 1. The summed E-state index contributed by atoms with van der Waals surface area (Å²) in [7, 11) is 1.65. The number of carbonyl (C=O) groups excluding carboxylic acids is 1. The third-order valence-corrected chi connectivity index (χ3v) is 3.71. The summed E-state index contributed by atoms with van der Waals surface area (Å²) in [5.41, 5.74) is 4.19. The molecule has 1 amide bonds. The highest BCUT2D eigenvalue weighted by Gasteiger charge is 2.29. The first-order valence-electron chi connectivity index (χ1n) is 6.95. The van der Waals surface area contributed by atoms with E-state index in [4.69, 9.17) is 4.74 Å². The Morgan fingerprint density at radius 1 is 1.19 bits per heavy atom. The third-order valence-electron chi connectivity index (χ3n) is 3.71. The van der Waals surface area contributed by atoms with Gasteiger partial charge in [-0.1, -0.05) is 29.8 Å². The number of benzene rings is 2. The summed E-state index contributed by atoms with van der Waals surface area (Å²) in [6, 6.07) is 13.6. The van der Waals surface area contributed by atoms with E-state index in [1.807, 2.05) is 43.3 Å². The molecule has 0 aromatic heterocycles. The zero-order valence-electron chi connectivity index (χ0n) is 12.1. The van der Waals surface area contributed by atoms with E-state index in [1.54, 1.807) is 7.11 Å². The number of carbonyl (C=O) groups is 1. The fourth-order valence-corrected chi connectivity index (χ4v) is 2.55. The summed E-state index contributed by atoms with van der Waals surface area (Å²) in [5.74, 6) is 0.836. The van der Waals surface area contributed by atoms with Crippen LogP contribution in [-0.2, 0) is 11.3 Å². The van der Waals surface area contributed by atoms with Gasteiger partial charge >= 0.3 is 0 Å². The molecule has 2 aromatic carbocycles. The first kappa shape index (κ1) is 13.6. The molecular formula is C17H18N2O2. The number of amides is 1. The molecule has 1 aliphatic heterocycles. The minimum Gasteiger partial charge on any atom is -0.497 e. The van der Waals surface area contributed by atoms with Crippen molar-refractivity contribution in [3.05, 3.63) is 59.2 Å². The van der Waals surface area contributed by atoms with Gasteiger partial charge in [0.25, 0.3) is 0 Å². The summed E-state index contributed by atoms with van der Waals surface area (Å²) in [6.07, 6.45) is 0. The number of ether oxygens (including phenoxy) is 1. The van der Waals surface area contributed by atoms with Crippen LogP contribution in [0.2, 0.25) is 0 Å². The van der Waals surface area contributed by atoms with Crippen molar-refractivity contribution in [3.63, 3.8) is 0 Å². The lowest BCUT2D eigenvalue weighted by molar-refractivity contribution is -0.117. The van der Waals surface area contributed by atoms with E-state index in [1.165, 1.54) is 0 Å². The molecule has 4 heteroatoms. The van der Waals surface area contributed by atoms with Crippen LogP contribution < -0.4 is 15.4 Å². The largest absolute Gasteiger partial charge is 0.497 e. The van der Waals surface area contributed by atoms with Gasteiger partial charge in [-0.3, -0.25) is 10.1 Å². The van der Waals surface area contributed by atoms with Crippen LogP contribution in [0.5, 0.6) is 5.75 Å². The lowest BCUT2D eigenvalue weighted by Crippen LogP contribution is -2.27. The zero-order chi connectivity index (χ0) is 14.8. The van der Waals surface area contributed by atoms with Crippen LogP contribution in [0.1, 0.15) is 22.7 Å². The molecule has 0 spiro atoms. The lowest BCUT2D eigenvalue weighted by atomic mass is 10.1. The molecule has 3 rings (SSSR count). The topological polar surface area (TPSA) is 50.4 Å². The van der Waals surface area contributed by atoms with Crippen molar-refractivity contribution in [2.45, 2.75) is 19.5 Å². The van der Waals surface area contributed by atoms with Crippen molar-refractivity contribution >= 4 is 11.6 Å². The highest BCUT2D eigenvalue weighted by Crippen LogP contribution is 2.31. The smallest absolute Gasteiger partial charge is 0.246 e. The molecule has 0 saturated heterocycles. The van der Waals surface area contributed by atoms with E-state index >= 15 is 0 Å². The molecule has 2 aromatic rings. The summed E-state index contributed by atoms with van der Waals surface area (Å²) in [4.78, 5) is 12.1. The van der Waals surface area contributed by atoms with Crippen LogP contribution in [-0.4, -0.2) is 13.0 Å². The minimum atomic E-state index is -0.290. The fraction of sp³-hybridized carbons (Fsp3) is 0.235. The highest BCUT2D eigenvalue weighted by molar-refractivity contribution is 6.02. The maximum Gasteiger partial charge on any atom is 0.246 e. The maximum absolute atomic E-state index is 12.1. The molecule has 2 N–H and O–H groups in total. The Morgan fingerprint density at radius 3 is 2.67 bits per heavy atom. The molecule has 1 atom stereocenters. The van der Waals surface area contributed by atoms with Gasteiger partial charge in [0, 0.05) is 17.8 Å². The molecule has 0 aliphatic carbocycles. The molecule has 0 radical (unpaired) electrons. The normalized spacial score (nSPS) is 16.5. The van der Waals surface area contributed by atoms with Gasteiger partial charge in [0.15, 0.2) is 0 Å². The highest BCUT2D eigenvalue weighted by atomic mass is 16.5. The second-order valence-electron chi connectivity index (χ2n) is 5.24. The van der Waals surface area contributed by atoms with E-state index in [0.717, 1.165) is 28.1 Å². The standard InChI is InChI=1S/C17H18N2O2/c1-11-3-8-15-14(9-11)16(17(20)19-15)18-10-12-4-6-13(21-2)7-5-12/h3-9,16,18H,10H2,1-2H3,(H,19,20). The Morgan fingerprint density at radius 2 is 1.95 bits per heavy atom. The van der Waals surface area contributed by atoms with Crippen molar-refractivity contribution in [3.8, 4) is 5.75 Å². The van der Waals surface area contributed by atoms with Crippen molar-refractivity contribution in [2.75, 3.05) is 12.4 Å². The molecule has 21 heavy (non-hydrogen) atoms. The second kappa shape index (κ2) is 5.58. The van der Waals surface area contributed by atoms with Gasteiger partial charge in [0.2, 0.25) is 5.91 Å². The Bertz CT molecular complexity index is 665. The van der Waals surface area contributed by atoms with Gasteiger partial charge in [-0.15, -0.1) is 0 Å². The monoisotopic (exact) mass is 282 g/mol. The maximum atomic E-state index is 12.1. The van der Waals surface area contributed by atoms with Crippen LogP contribution in [0.25, 0.3) is 0 Å². The van der Waals surface area contributed by atoms with Crippen LogP contribution in [0.15, 0.2) is 42.5 Å². The van der Waals surface area contributed by atoms with Crippen LogP contribution in [0.4, 0.5) is 5.69 Å². The quantitative estimate of drug-likeness (QED) is 0.906. The SMILES string of the molecule is COc1ccc(CNC2C(=O)Nc3ccc(C)cc32)cc1. The molecule has 0 fully saturated rings. The molecule has 0 saturated carbocycles. The molecule has 0 bridgehead atoms. The Kier molecular flexibility index (Phi) is 3.62. The predicted octanol–water partition coefficient (Wildman–Crippen LogP) is 2.79. The van der Waals surface area contributed by atoms with Crippen LogP contribution in [0.3, 0.4) is 0 Å². The Labute approximate surface area is 124 Å². The molecule has 4 nitrogen and oxygen atoms in total. The number of anilines is 1. The summed E-state index contributed by atoms with van der Waals surface area (Å²) >= 11 is 0. The number of fused-ring (bicyclic) bond motifs is 1. The number of nitrogens with one attached hydrogen (secondary N) is 2. The lowest BCUT2D eigenvalue weighted by Gasteiger charge is -2.12. The van der Waals surface area contributed by atoms with E-state index in [-0.39, 0.29) is 11.9 Å². The van der Waals surface area contributed by atoms with Crippen molar-refractivity contribution < 1.29 is 9.53 Å². The van der Waals surface area contributed by atoms with E-state index in [0.29, 0.717) is 6.54 Å². The van der Waals surface area contributed by atoms with Crippen molar-refractivity contribution in [1.29, 1.82) is 0 Å². The average molecular weight is 282 g/mol. The van der Waals surface area contributed by atoms with Crippen LogP contribution in [0, 0.1) is 6.92 Å². The molecular weight excluding hydrogens is 264 g/mol. The van der Waals surface area contributed by atoms with Crippen molar-refractivity contribution in [2.24, 2.45) is 0 Å². The molecule has 1 aliphatic rings. The van der Waals surface area contributed by atoms with Gasteiger partial charge in [-0.25, -0.2) is 0 Å². The van der Waals surface area contributed by atoms with E-state index < -0.39 is 0 Å². The fourth-order valence-electron chi connectivity index (χ4n) is 2.55.